The minimum atomic E-state index is -1.57. The van der Waals surface area contributed by atoms with E-state index >= 15 is 0 Å². The van der Waals surface area contributed by atoms with E-state index in [2.05, 4.69) is 67.8 Å². The van der Waals surface area contributed by atoms with Crippen LogP contribution < -0.4 is 5.32 Å². The van der Waals surface area contributed by atoms with Gasteiger partial charge in [-0.3, -0.25) is 4.79 Å². The number of rotatable bonds is 39. The molecule has 1 heterocycles. The molecule has 0 aromatic heterocycles. The Hall–Kier alpha value is -2.11. The monoisotopic (exact) mass is 832 g/mol. The zero-order chi connectivity index (χ0) is 43.0. The summed E-state index contributed by atoms with van der Waals surface area (Å²) in [5.41, 5.74) is 0. The summed E-state index contributed by atoms with van der Waals surface area (Å²) >= 11 is 0. The molecule has 0 saturated carbocycles. The summed E-state index contributed by atoms with van der Waals surface area (Å²) in [6.45, 7) is 3.66. The van der Waals surface area contributed by atoms with E-state index in [0.29, 0.717) is 12.8 Å². The number of carbonyl (C=O) groups excluding carboxylic acids is 1. The third-order valence-corrected chi connectivity index (χ3v) is 11.2. The van der Waals surface area contributed by atoms with Gasteiger partial charge >= 0.3 is 0 Å². The number of allylic oxidation sites excluding steroid dienone is 9. The van der Waals surface area contributed by atoms with Gasteiger partial charge in [0.15, 0.2) is 6.29 Å². The second-order valence-electron chi connectivity index (χ2n) is 16.5. The van der Waals surface area contributed by atoms with Crippen molar-refractivity contribution in [2.24, 2.45) is 0 Å². The van der Waals surface area contributed by atoms with Crippen molar-refractivity contribution in [2.75, 3.05) is 13.2 Å². The summed E-state index contributed by atoms with van der Waals surface area (Å²) in [4.78, 5) is 12.9. The molecule has 1 aliphatic rings. The number of ether oxygens (including phenoxy) is 2. The lowest BCUT2D eigenvalue weighted by Gasteiger charge is -2.40. The molecule has 1 aliphatic heterocycles. The first-order chi connectivity index (χ1) is 28.8. The van der Waals surface area contributed by atoms with E-state index in [1.54, 1.807) is 6.08 Å². The molecule has 59 heavy (non-hydrogen) atoms. The van der Waals surface area contributed by atoms with Gasteiger partial charge < -0.3 is 40.3 Å². The lowest BCUT2D eigenvalue weighted by atomic mass is 9.99. The second-order valence-corrected chi connectivity index (χ2v) is 16.5. The Morgan fingerprint density at radius 2 is 0.983 bits per heavy atom. The number of amides is 1. The lowest BCUT2D eigenvalue weighted by molar-refractivity contribution is -0.302. The highest BCUT2D eigenvalue weighted by Crippen LogP contribution is 2.23. The number of unbranched alkanes of at least 4 members (excludes halogenated alkanes) is 20. The molecular formula is C50H89NO8. The molecular weight excluding hydrogens is 743 g/mol. The first-order valence-corrected chi connectivity index (χ1v) is 24.0. The molecule has 6 N–H and O–H groups in total. The van der Waals surface area contributed by atoms with Gasteiger partial charge in [-0.1, -0.05) is 209 Å². The van der Waals surface area contributed by atoms with Gasteiger partial charge in [0.2, 0.25) is 5.91 Å². The zero-order valence-corrected chi connectivity index (χ0v) is 37.5. The normalized spacial score (nSPS) is 21.2. The first kappa shape index (κ1) is 54.9. The molecule has 1 saturated heterocycles. The van der Waals surface area contributed by atoms with E-state index < -0.39 is 49.5 Å². The van der Waals surface area contributed by atoms with Crippen molar-refractivity contribution in [3.63, 3.8) is 0 Å². The largest absolute Gasteiger partial charge is 0.394 e. The molecule has 9 nitrogen and oxygen atoms in total. The number of aliphatic hydroxyl groups excluding tert-OH is 5. The highest BCUT2D eigenvalue weighted by atomic mass is 16.7. The summed E-state index contributed by atoms with van der Waals surface area (Å²) in [6.07, 6.45) is 45.5. The van der Waals surface area contributed by atoms with Gasteiger partial charge in [0.25, 0.3) is 0 Å². The molecule has 0 aromatic carbocycles. The fourth-order valence-electron chi connectivity index (χ4n) is 7.35. The maximum Gasteiger partial charge on any atom is 0.224 e. The summed E-state index contributed by atoms with van der Waals surface area (Å²) in [5.74, 6) is -0.272. The Kier molecular flexibility index (Phi) is 37.2. The zero-order valence-electron chi connectivity index (χ0n) is 37.5. The van der Waals surface area contributed by atoms with Crippen LogP contribution >= 0.6 is 0 Å². The van der Waals surface area contributed by atoms with Crippen molar-refractivity contribution in [3.8, 4) is 0 Å². The van der Waals surface area contributed by atoms with Crippen molar-refractivity contribution in [1.29, 1.82) is 0 Å². The van der Waals surface area contributed by atoms with Crippen LogP contribution in [-0.2, 0) is 14.3 Å². The van der Waals surface area contributed by atoms with Crippen molar-refractivity contribution in [1.82, 2.24) is 5.32 Å². The predicted octanol–water partition coefficient (Wildman–Crippen LogP) is 10.4. The number of hydrogen-bond donors (Lipinski definition) is 6. The van der Waals surface area contributed by atoms with Gasteiger partial charge in [0.05, 0.1) is 25.4 Å². The molecule has 0 spiro atoms. The SMILES string of the molecule is CC/C=C\C/C=C\C/C=C\C/C=C\C/C=C\CC(=O)NC(COC1OC(CO)C(O)C(O)C1O)C(O)CCCCCCCCCCCCCCCCCCCCCCC. The van der Waals surface area contributed by atoms with E-state index in [9.17, 15) is 30.3 Å². The van der Waals surface area contributed by atoms with Gasteiger partial charge in [0, 0.05) is 6.42 Å². The van der Waals surface area contributed by atoms with Gasteiger partial charge in [0.1, 0.15) is 24.4 Å². The maximum atomic E-state index is 12.9. The average molecular weight is 832 g/mol. The smallest absolute Gasteiger partial charge is 0.224 e. The van der Waals surface area contributed by atoms with E-state index in [1.165, 1.54) is 116 Å². The van der Waals surface area contributed by atoms with Crippen molar-refractivity contribution in [3.05, 3.63) is 60.8 Å². The second kappa shape index (κ2) is 40.0. The summed E-state index contributed by atoms with van der Waals surface area (Å²) in [6, 6.07) is -0.775. The van der Waals surface area contributed by atoms with E-state index in [-0.39, 0.29) is 18.9 Å². The maximum absolute atomic E-state index is 12.9. The fourth-order valence-corrected chi connectivity index (χ4v) is 7.35. The molecule has 1 amide bonds. The molecule has 9 heteroatoms. The standard InChI is InChI=1S/C50H89NO8/c1-3-5-7-9-11-13-15-17-19-20-21-22-23-24-26-27-29-31-33-35-37-39-44(53)43(42-58-50-49(57)48(56)47(55)45(41-52)59-50)51-46(54)40-38-36-34-32-30-28-25-18-16-14-12-10-8-6-4-2/h6,8,12,14,18,25,30,32,36,38,43-45,47-50,52-53,55-57H,3-5,7,9-11,13,15-17,19-24,26-29,31,33-35,37,39-42H2,1-2H3,(H,51,54)/b8-6-,14-12-,25-18-,32-30-,38-36-. The third-order valence-electron chi connectivity index (χ3n) is 11.2. The molecule has 1 rings (SSSR count). The lowest BCUT2D eigenvalue weighted by Crippen LogP contribution is -2.60. The highest BCUT2D eigenvalue weighted by Gasteiger charge is 2.44. The van der Waals surface area contributed by atoms with Gasteiger partial charge in [-0.25, -0.2) is 0 Å². The molecule has 342 valence electrons. The van der Waals surface area contributed by atoms with Crippen molar-refractivity contribution >= 4 is 5.91 Å². The molecule has 0 bridgehead atoms. The van der Waals surface area contributed by atoms with Crippen LogP contribution in [0.15, 0.2) is 60.8 Å². The molecule has 1 fully saturated rings. The Balaban J connectivity index is 2.34. The number of aliphatic hydroxyl groups is 5. The summed E-state index contributed by atoms with van der Waals surface area (Å²) in [5, 5.41) is 54.3. The number of hydrogen-bond acceptors (Lipinski definition) is 8. The summed E-state index contributed by atoms with van der Waals surface area (Å²) < 4.78 is 11.2. The van der Waals surface area contributed by atoms with Crippen molar-refractivity contribution in [2.45, 2.75) is 236 Å². The Morgan fingerprint density at radius 1 is 0.576 bits per heavy atom. The first-order valence-electron chi connectivity index (χ1n) is 24.0. The topological polar surface area (TPSA) is 149 Å². The van der Waals surface area contributed by atoms with Crippen LogP contribution in [0.1, 0.15) is 194 Å². The van der Waals surface area contributed by atoms with Crippen LogP contribution in [0.3, 0.4) is 0 Å². The van der Waals surface area contributed by atoms with Gasteiger partial charge in [-0.2, -0.15) is 0 Å². The van der Waals surface area contributed by atoms with E-state index in [1.807, 2.05) is 6.08 Å². The molecule has 0 aliphatic carbocycles. The Bertz CT molecular complexity index is 1100. The Morgan fingerprint density at radius 3 is 1.41 bits per heavy atom. The minimum Gasteiger partial charge on any atom is -0.394 e. The third kappa shape index (κ3) is 30.6. The molecule has 7 unspecified atom stereocenters. The number of carbonyl (C=O) groups is 1. The number of nitrogens with one attached hydrogen (secondary N) is 1. The average Bonchev–Trinajstić information content (AvgIpc) is 3.23. The quantitative estimate of drug-likeness (QED) is 0.0265. The van der Waals surface area contributed by atoms with E-state index in [4.69, 9.17) is 9.47 Å². The molecule has 7 atom stereocenters. The van der Waals surface area contributed by atoms with Gasteiger partial charge in [-0.05, 0) is 38.5 Å². The highest BCUT2D eigenvalue weighted by molar-refractivity contribution is 5.77. The fraction of sp³-hybridized carbons (Fsp3) is 0.780. The van der Waals surface area contributed by atoms with Crippen LogP contribution in [0.5, 0.6) is 0 Å². The van der Waals surface area contributed by atoms with Crippen LogP contribution in [-0.4, -0.2) is 87.5 Å². The van der Waals surface area contributed by atoms with Crippen LogP contribution in [0, 0.1) is 0 Å². The van der Waals surface area contributed by atoms with E-state index in [0.717, 1.165) is 44.9 Å². The Labute approximate surface area is 360 Å². The molecule has 0 radical (unpaired) electrons. The molecule has 0 aromatic rings. The minimum absolute atomic E-state index is 0.135. The predicted molar refractivity (Wildman–Crippen MR) is 244 cm³/mol. The van der Waals surface area contributed by atoms with Crippen LogP contribution in [0.2, 0.25) is 0 Å². The summed E-state index contributed by atoms with van der Waals surface area (Å²) in [7, 11) is 0. The van der Waals surface area contributed by atoms with Crippen molar-refractivity contribution < 1.29 is 39.8 Å². The van der Waals surface area contributed by atoms with Crippen LogP contribution in [0.4, 0.5) is 0 Å². The van der Waals surface area contributed by atoms with Crippen LogP contribution in [0.25, 0.3) is 0 Å². The van der Waals surface area contributed by atoms with Gasteiger partial charge in [-0.15, -0.1) is 0 Å².